The molecule has 0 bridgehead atoms. The lowest BCUT2D eigenvalue weighted by Gasteiger charge is -2.23. The monoisotopic (exact) mass is 842 g/mol. The smallest absolute Gasteiger partial charge is 0.309 e. The number of hydrogen-bond donors (Lipinski definition) is 2. The molecule has 0 radical (unpaired) electrons. The molecule has 2 saturated carbocycles. The molecule has 4 aliphatic rings. The van der Waals surface area contributed by atoms with Crippen LogP contribution in [-0.2, 0) is 28.0 Å². The second-order valence-electron chi connectivity index (χ2n) is 15.8. The number of nitrogens with one attached hydrogen (secondary N) is 2. The van der Waals surface area contributed by atoms with Crippen molar-refractivity contribution >= 4 is 35.3 Å². The van der Waals surface area contributed by atoms with E-state index in [1.54, 1.807) is 50.9 Å². The number of anilines is 2. The van der Waals surface area contributed by atoms with Crippen molar-refractivity contribution in [2.45, 2.75) is 62.6 Å². The van der Waals surface area contributed by atoms with Crippen LogP contribution in [0.4, 0.5) is 20.4 Å². The zero-order valence-electron chi connectivity index (χ0n) is 33.8. The quantitative estimate of drug-likeness (QED) is 0.225. The van der Waals surface area contributed by atoms with Crippen molar-refractivity contribution in [3.63, 3.8) is 0 Å². The van der Waals surface area contributed by atoms with Crippen LogP contribution in [0, 0.1) is 23.5 Å². The second-order valence-corrected chi connectivity index (χ2v) is 15.8. The predicted octanol–water partition coefficient (Wildman–Crippen LogP) is 3.77. The number of nitrogens with zero attached hydrogens (tertiary/aromatic N) is 10. The van der Waals surface area contributed by atoms with Gasteiger partial charge in [-0.2, -0.15) is 5.10 Å². The summed E-state index contributed by atoms with van der Waals surface area (Å²) in [4.78, 5) is 71.5. The molecule has 2 fully saturated rings. The summed E-state index contributed by atoms with van der Waals surface area (Å²) in [5.41, 5.74) is 2.10. The van der Waals surface area contributed by atoms with Crippen molar-refractivity contribution in [1.29, 1.82) is 0 Å². The van der Waals surface area contributed by atoms with Crippen LogP contribution in [0.15, 0.2) is 90.0 Å². The summed E-state index contributed by atoms with van der Waals surface area (Å²) in [6, 6.07) is 14.4. The fraction of sp³-hybridized carbons (Fsp3) is 0.326. The van der Waals surface area contributed by atoms with E-state index >= 15 is 0 Å². The standard InChI is InChI=1S/C22H20F2N6O2.C21H20N6O3/c1-11-15-16(11)19(22(32)29(2)20-18(15)25-7-8-26-20)27-21(31)17-14(24)10-30(28-17)9-12-5-3-4-6-13(12)23;1-27-16-14(22-11-12-23-16)7-8-15(19(27)29)24-17(28)18-25-26-20(30-18)21(9-10-21)13-5-3-2-4-6-13/h3-8,10-11,15-16,19H,9H2,1-2H3,(H,27,31);2-6,11-12,15H,7-10H2,1H3,(H,24,28)/t11?,15-,16+,19+;15-/m00/s1. The van der Waals surface area contributed by atoms with Crippen molar-refractivity contribution in [2.75, 3.05) is 23.9 Å². The van der Waals surface area contributed by atoms with Crippen LogP contribution < -0.4 is 20.4 Å². The highest BCUT2D eigenvalue weighted by molar-refractivity contribution is 6.03. The molecule has 0 spiro atoms. The number of amides is 4. The Kier molecular flexibility index (Phi) is 10.3. The summed E-state index contributed by atoms with van der Waals surface area (Å²) in [5, 5.41) is 17.5. The molecular formula is C43H40F2N12O5. The number of hydrogen-bond acceptors (Lipinski definition) is 12. The molecule has 6 aromatic rings. The number of likely N-dealkylation sites (N-methyl/N-ethyl adjacent to an activating group) is 2. The van der Waals surface area contributed by atoms with Gasteiger partial charge >= 0.3 is 11.8 Å². The van der Waals surface area contributed by atoms with Crippen LogP contribution in [0.2, 0.25) is 0 Å². The Morgan fingerprint density at radius 2 is 1.52 bits per heavy atom. The summed E-state index contributed by atoms with van der Waals surface area (Å²) in [7, 11) is 3.20. The molecule has 2 aromatic carbocycles. The Labute approximate surface area is 353 Å². The fourth-order valence-electron chi connectivity index (χ4n) is 8.48. The molecule has 2 aliphatic heterocycles. The Hall–Kier alpha value is -7.31. The summed E-state index contributed by atoms with van der Waals surface area (Å²) in [6.45, 7) is 1.95. The Bertz CT molecular complexity index is 2710. The molecule has 5 atom stereocenters. The van der Waals surface area contributed by atoms with Gasteiger partial charge < -0.3 is 15.1 Å². The van der Waals surface area contributed by atoms with Gasteiger partial charge in [-0.15, -0.1) is 10.2 Å². The number of rotatable bonds is 8. The molecule has 4 aromatic heterocycles. The highest BCUT2D eigenvalue weighted by Gasteiger charge is 2.59. The lowest BCUT2D eigenvalue weighted by molar-refractivity contribution is -0.121. The fourth-order valence-corrected chi connectivity index (χ4v) is 8.48. The third-order valence-corrected chi connectivity index (χ3v) is 12.1. The first-order valence-corrected chi connectivity index (χ1v) is 20.1. The third kappa shape index (κ3) is 7.32. The molecule has 0 saturated heterocycles. The maximum atomic E-state index is 14.5. The van der Waals surface area contributed by atoms with Gasteiger partial charge in [-0.25, -0.2) is 18.7 Å². The lowest BCUT2D eigenvalue weighted by Crippen LogP contribution is -2.49. The zero-order valence-corrected chi connectivity index (χ0v) is 33.8. The third-order valence-electron chi connectivity index (χ3n) is 12.1. The van der Waals surface area contributed by atoms with E-state index in [9.17, 15) is 28.0 Å². The molecule has 6 heterocycles. The molecule has 1 unspecified atom stereocenters. The molecule has 17 nitrogen and oxygen atoms in total. The minimum absolute atomic E-state index is 0.0265. The van der Waals surface area contributed by atoms with Crippen LogP contribution in [0.1, 0.15) is 81.7 Å². The van der Waals surface area contributed by atoms with Crippen molar-refractivity contribution in [3.05, 3.63) is 137 Å². The van der Waals surface area contributed by atoms with E-state index in [-0.39, 0.29) is 47.4 Å². The summed E-state index contributed by atoms with van der Waals surface area (Å²) >= 11 is 0. The van der Waals surface area contributed by atoms with Gasteiger partial charge in [0.25, 0.3) is 17.7 Å². The van der Waals surface area contributed by atoms with Gasteiger partial charge in [-0.3, -0.25) is 43.6 Å². The summed E-state index contributed by atoms with van der Waals surface area (Å²) < 4.78 is 35.3. The number of aromatic nitrogens is 8. The highest BCUT2D eigenvalue weighted by Crippen LogP contribution is 2.58. The molecule has 19 heteroatoms. The van der Waals surface area contributed by atoms with Gasteiger partial charge in [0.2, 0.25) is 5.89 Å². The molecule has 10 rings (SSSR count). The number of benzene rings is 2. The number of carbonyl (C=O) groups is 4. The van der Waals surface area contributed by atoms with Crippen LogP contribution in [0.5, 0.6) is 0 Å². The maximum absolute atomic E-state index is 14.5. The predicted molar refractivity (Wildman–Crippen MR) is 216 cm³/mol. The molecule has 2 N–H and O–H groups in total. The molecular weight excluding hydrogens is 803 g/mol. The van der Waals surface area contributed by atoms with Crippen molar-refractivity contribution < 1.29 is 32.4 Å². The van der Waals surface area contributed by atoms with Crippen LogP contribution >= 0.6 is 0 Å². The van der Waals surface area contributed by atoms with Gasteiger partial charge in [0.15, 0.2) is 23.1 Å². The van der Waals surface area contributed by atoms with Gasteiger partial charge in [-0.05, 0) is 43.2 Å². The molecule has 2 aliphatic carbocycles. The first kappa shape index (κ1) is 40.1. The Balaban J connectivity index is 0.000000158. The van der Waals surface area contributed by atoms with E-state index in [0.29, 0.717) is 35.9 Å². The zero-order chi connectivity index (χ0) is 43.3. The van der Waals surface area contributed by atoms with Gasteiger partial charge in [0.1, 0.15) is 17.9 Å². The van der Waals surface area contributed by atoms with E-state index in [4.69, 9.17) is 4.42 Å². The number of carbonyl (C=O) groups excluding carboxylic acids is 4. The van der Waals surface area contributed by atoms with Crippen molar-refractivity contribution in [3.8, 4) is 0 Å². The van der Waals surface area contributed by atoms with E-state index < -0.39 is 41.2 Å². The second kappa shape index (κ2) is 15.9. The number of fused-ring (bicyclic) bond motifs is 4. The number of aryl methyl sites for hydroxylation is 1. The number of halogens is 2. The minimum atomic E-state index is -0.861. The van der Waals surface area contributed by atoms with Crippen LogP contribution in [-0.4, -0.2) is 89.7 Å². The first-order chi connectivity index (χ1) is 29.9. The van der Waals surface area contributed by atoms with E-state index in [2.05, 4.69) is 45.9 Å². The van der Waals surface area contributed by atoms with Crippen molar-refractivity contribution in [2.24, 2.45) is 11.8 Å². The van der Waals surface area contributed by atoms with E-state index in [1.807, 2.05) is 37.3 Å². The molecule has 4 amide bonds. The topological polar surface area (TPSA) is 207 Å². The average Bonchev–Trinajstić information content (AvgIpc) is 4.13. The van der Waals surface area contributed by atoms with Gasteiger partial charge in [-0.1, -0.05) is 55.5 Å². The maximum Gasteiger partial charge on any atom is 0.309 e. The van der Waals surface area contributed by atoms with Gasteiger partial charge in [0.05, 0.1) is 29.5 Å². The summed E-state index contributed by atoms with van der Waals surface area (Å²) in [5.74, 6) is -2.07. The minimum Gasteiger partial charge on any atom is -0.416 e. The highest BCUT2D eigenvalue weighted by atomic mass is 19.1. The lowest BCUT2D eigenvalue weighted by atomic mass is 9.96. The molecule has 316 valence electrons. The van der Waals surface area contributed by atoms with Crippen molar-refractivity contribution in [1.82, 2.24) is 50.5 Å². The van der Waals surface area contributed by atoms with E-state index in [1.165, 1.54) is 22.1 Å². The van der Waals surface area contributed by atoms with Crippen LogP contribution in [0.25, 0.3) is 0 Å². The summed E-state index contributed by atoms with van der Waals surface area (Å²) in [6.07, 6.45) is 9.99. The average molecular weight is 843 g/mol. The Morgan fingerprint density at radius 1 is 0.823 bits per heavy atom. The van der Waals surface area contributed by atoms with Crippen LogP contribution in [0.3, 0.4) is 0 Å². The molecule has 62 heavy (non-hydrogen) atoms. The Morgan fingerprint density at radius 3 is 2.27 bits per heavy atom. The normalized spacial score (nSPS) is 21.9. The SMILES string of the molecule is CC1[C@H]2[C@@H](NC(=O)c3nn(Cc4ccccc4F)cc3F)C(=O)N(C)c3nccnc3[C@@H]12.CN1C(=O)[C@@H](NC(=O)c2nnc(C3(c4ccccc4)CC3)o2)CCc2nccnc21. The van der Waals surface area contributed by atoms with E-state index in [0.717, 1.165) is 40.7 Å². The van der Waals surface area contributed by atoms with Gasteiger partial charge in [0, 0.05) is 56.3 Å². The first-order valence-electron chi connectivity index (χ1n) is 20.1. The largest absolute Gasteiger partial charge is 0.416 e.